The zero-order valence-electron chi connectivity index (χ0n) is 10.3. The summed E-state index contributed by atoms with van der Waals surface area (Å²) < 4.78 is 19.0. The van der Waals surface area contributed by atoms with Gasteiger partial charge in [0.1, 0.15) is 11.6 Å². The highest BCUT2D eigenvalue weighted by molar-refractivity contribution is 5.92. The Kier molecular flexibility index (Phi) is 2.74. The molecule has 3 rings (SSSR count). The minimum Gasteiger partial charge on any atom is -0.478 e. The SMILES string of the molecule is CC1CC(c2nc3cc(C(=O)O)c(F)cc3[nH]2)CO1. The molecule has 0 amide bonds. The topological polar surface area (TPSA) is 75.2 Å². The molecule has 2 aromatic rings. The van der Waals surface area contributed by atoms with Gasteiger partial charge >= 0.3 is 5.97 Å². The van der Waals surface area contributed by atoms with Crippen LogP contribution < -0.4 is 0 Å². The lowest BCUT2D eigenvalue weighted by Gasteiger charge is -2.01. The number of aromatic carboxylic acids is 1. The highest BCUT2D eigenvalue weighted by Crippen LogP contribution is 2.29. The molecule has 1 fully saturated rings. The largest absolute Gasteiger partial charge is 0.478 e. The third kappa shape index (κ3) is 2.08. The maximum atomic E-state index is 13.6. The van der Waals surface area contributed by atoms with E-state index in [1.165, 1.54) is 12.1 Å². The Labute approximate surface area is 108 Å². The molecule has 0 aliphatic carbocycles. The number of benzene rings is 1. The van der Waals surface area contributed by atoms with Gasteiger partial charge in [-0.05, 0) is 19.4 Å². The van der Waals surface area contributed by atoms with Crippen molar-refractivity contribution in [3.8, 4) is 0 Å². The summed E-state index contributed by atoms with van der Waals surface area (Å²) in [7, 11) is 0. The van der Waals surface area contributed by atoms with Gasteiger partial charge in [0.2, 0.25) is 0 Å². The minimum atomic E-state index is -1.29. The summed E-state index contributed by atoms with van der Waals surface area (Å²) in [4.78, 5) is 18.3. The standard InChI is InChI=1S/C13H13FN2O3/c1-6-2-7(5-19-6)12-15-10-3-8(13(17)18)9(14)4-11(10)16-12/h3-4,6-7H,2,5H2,1H3,(H,15,16)(H,17,18). The van der Waals surface area contributed by atoms with Crippen molar-refractivity contribution in [2.45, 2.75) is 25.4 Å². The van der Waals surface area contributed by atoms with Crippen molar-refractivity contribution in [1.29, 1.82) is 0 Å². The van der Waals surface area contributed by atoms with Crippen LogP contribution in [0.15, 0.2) is 12.1 Å². The molecule has 1 aliphatic heterocycles. The number of H-pyrrole nitrogens is 1. The zero-order valence-corrected chi connectivity index (χ0v) is 10.3. The molecule has 0 radical (unpaired) electrons. The Morgan fingerprint density at radius 3 is 3.00 bits per heavy atom. The number of aromatic amines is 1. The number of carbonyl (C=O) groups is 1. The molecule has 0 saturated carbocycles. The predicted octanol–water partition coefficient (Wildman–Crippen LogP) is 2.29. The minimum absolute atomic E-state index is 0.152. The van der Waals surface area contributed by atoms with Crippen LogP contribution in [0.1, 0.15) is 35.4 Å². The lowest BCUT2D eigenvalue weighted by molar-refractivity contribution is 0.0692. The maximum Gasteiger partial charge on any atom is 0.338 e. The molecule has 0 spiro atoms. The zero-order chi connectivity index (χ0) is 13.6. The molecule has 1 aromatic carbocycles. The van der Waals surface area contributed by atoms with Crippen molar-refractivity contribution >= 4 is 17.0 Å². The van der Waals surface area contributed by atoms with E-state index in [2.05, 4.69) is 9.97 Å². The van der Waals surface area contributed by atoms with Crippen LogP contribution in [0.4, 0.5) is 4.39 Å². The van der Waals surface area contributed by atoms with Crippen LogP contribution in [0.2, 0.25) is 0 Å². The number of carboxylic acids is 1. The van der Waals surface area contributed by atoms with E-state index in [9.17, 15) is 9.18 Å². The molecule has 2 N–H and O–H groups in total. The van der Waals surface area contributed by atoms with Gasteiger partial charge in [-0.3, -0.25) is 0 Å². The van der Waals surface area contributed by atoms with Crippen LogP contribution in [-0.4, -0.2) is 33.8 Å². The predicted molar refractivity (Wildman–Crippen MR) is 65.8 cm³/mol. The molecule has 2 heterocycles. The lowest BCUT2D eigenvalue weighted by atomic mass is 10.1. The van der Waals surface area contributed by atoms with Crippen LogP contribution >= 0.6 is 0 Å². The number of nitrogens with zero attached hydrogens (tertiary/aromatic N) is 1. The Hall–Kier alpha value is -1.95. The Morgan fingerprint density at radius 1 is 1.58 bits per heavy atom. The number of hydrogen-bond donors (Lipinski definition) is 2. The van der Waals surface area contributed by atoms with Crippen molar-refractivity contribution in [2.24, 2.45) is 0 Å². The third-order valence-electron chi connectivity index (χ3n) is 3.40. The highest BCUT2D eigenvalue weighted by atomic mass is 19.1. The van der Waals surface area contributed by atoms with Crippen LogP contribution in [0.3, 0.4) is 0 Å². The van der Waals surface area contributed by atoms with Crippen LogP contribution in [-0.2, 0) is 4.74 Å². The Balaban J connectivity index is 2.03. The molecule has 1 aliphatic rings. The normalized spacial score (nSPS) is 23.1. The highest BCUT2D eigenvalue weighted by Gasteiger charge is 2.26. The van der Waals surface area contributed by atoms with E-state index >= 15 is 0 Å². The molecule has 19 heavy (non-hydrogen) atoms. The van der Waals surface area contributed by atoms with Gasteiger partial charge in [0.15, 0.2) is 0 Å². The van der Waals surface area contributed by atoms with Gasteiger partial charge in [0.05, 0.1) is 29.3 Å². The number of imidazole rings is 1. The number of fused-ring (bicyclic) bond motifs is 1. The first kappa shape index (κ1) is 12.1. The van der Waals surface area contributed by atoms with E-state index in [1.807, 2.05) is 6.92 Å². The summed E-state index contributed by atoms with van der Waals surface area (Å²) in [5.74, 6) is -1.17. The van der Waals surface area contributed by atoms with Crippen LogP contribution in [0, 0.1) is 5.82 Å². The molecule has 1 aromatic heterocycles. The molecule has 5 nitrogen and oxygen atoms in total. The lowest BCUT2D eigenvalue weighted by Crippen LogP contribution is -2.00. The number of hydrogen-bond acceptors (Lipinski definition) is 3. The van der Waals surface area contributed by atoms with E-state index in [4.69, 9.17) is 9.84 Å². The molecule has 0 bridgehead atoms. The smallest absolute Gasteiger partial charge is 0.338 e. The summed E-state index contributed by atoms with van der Waals surface area (Å²) in [6.07, 6.45) is 1.04. The van der Waals surface area contributed by atoms with Crippen molar-refractivity contribution < 1.29 is 19.0 Å². The summed E-state index contributed by atoms with van der Waals surface area (Å²) in [5.41, 5.74) is 0.618. The number of nitrogens with one attached hydrogen (secondary N) is 1. The van der Waals surface area contributed by atoms with Crippen molar-refractivity contribution in [2.75, 3.05) is 6.61 Å². The van der Waals surface area contributed by atoms with Crippen molar-refractivity contribution in [1.82, 2.24) is 9.97 Å². The number of ether oxygens (including phenoxy) is 1. The fourth-order valence-electron chi connectivity index (χ4n) is 2.42. The van der Waals surface area contributed by atoms with Gasteiger partial charge in [-0.2, -0.15) is 0 Å². The van der Waals surface area contributed by atoms with Crippen molar-refractivity contribution in [3.05, 3.63) is 29.3 Å². The second kappa shape index (κ2) is 4.31. The quantitative estimate of drug-likeness (QED) is 0.872. The second-order valence-electron chi connectivity index (χ2n) is 4.85. The molecule has 2 atom stereocenters. The monoisotopic (exact) mass is 264 g/mol. The third-order valence-corrected chi connectivity index (χ3v) is 3.40. The Bertz CT molecular complexity index is 653. The number of carboxylic acid groups (broad SMARTS) is 1. The summed E-state index contributed by atoms with van der Waals surface area (Å²) in [6, 6.07) is 2.43. The van der Waals surface area contributed by atoms with Gasteiger partial charge in [-0.25, -0.2) is 14.2 Å². The fraction of sp³-hybridized carbons (Fsp3) is 0.385. The van der Waals surface area contributed by atoms with E-state index in [0.717, 1.165) is 12.2 Å². The van der Waals surface area contributed by atoms with Gasteiger partial charge in [-0.1, -0.05) is 0 Å². The van der Waals surface area contributed by atoms with Gasteiger partial charge in [0.25, 0.3) is 0 Å². The Morgan fingerprint density at radius 2 is 2.37 bits per heavy atom. The molecule has 100 valence electrons. The molecule has 2 unspecified atom stereocenters. The van der Waals surface area contributed by atoms with Gasteiger partial charge < -0.3 is 14.8 Å². The summed E-state index contributed by atoms with van der Waals surface area (Å²) in [6.45, 7) is 2.57. The first-order chi connectivity index (χ1) is 9.04. The first-order valence-electron chi connectivity index (χ1n) is 6.08. The van der Waals surface area contributed by atoms with Crippen LogP contribution in [0.5, 0.6) is 0 Å². The van der Waals surface area contributed by atoms with Crippen molar-refractivity contribution in [3.63, 3.8) is 0 Å². The van der Waals surface area contributed by atoms with Gasteiger partial charge in [-0.15, -0.1) is 0 Å². The van der Waals surface area contributed by atoms with E-state index < -0.39 is 11.8 Å². The number of rotatable bonds is 2. The van der Waals surface area contributed by atoms with Crippen LogP contribution in [0.25, 0.3) is 11.0 Å². The average molecular weight is 264 g/mol. The summed E-state index contributed by atoms with van der Waals surface area (Å²) in [5, 5.41) is 8.88. The molecule has 1 saturated heterocycles. The van der Waals surface area contributed by atoms with E-state index in [0.29, 0.717) is 17.6 Å². The molecular weight excluding hydrogens is 251 g/mol. The second-order valence-corrected chi connectivity index (χ2v) is 4.85. The summed E-state index contributed by atoms with van der Waals surface area (Å²) >= 11 is 0. The fourth-order valence-corrected chi connectivity index (χ4v) is 2.42. The molecule has 6 heteroatoms. The average Bonchev–Trinajstić information content (AvgIpc) is 2.93. The number of halogens is 1. The first-order valence-corrected chi connectivity index (χ1v) is 6.08. The van der Waals surface area contributed by atoms with E-state index in [1.54, 1.807) is 0 Å². The number of aromatic nitrogens is 2. The maximum absolute atomic E-state index is 13.6. The van der Waals surface area contributed by atoms with Gasteiger partial charge in [0, 0.05) is 12.0 Å². The van der Waals surface area contributed by atoms with E-state index in [-0.39, 0.29) is 17.6 Å². The molecular formula is C13H13FN2O3.